The van der Waals surface area contributed by atoms with Crippen LogP contribution in [0.4, 0.5) is 0 Å². The van der Waals surface area contributed by atoms with Gasteiger partial charge in [-0.3, -0.25) is 9.59 Å². The van der Waals surface area contributed by atoms with E-state index in [0.29, 0.717) is 44.5 Å². The van der Waals surface area contributed by atoms with E-state index < -0.39 is 0 Å². The van der Waals surface area contributed by atoms with Gasteiger partial charge in [-0.1, -0.05) is 0 Å². The van der Waals surface area contributed by atoms with E-state index in [1.807, 2.05) is 16.3 Å². The Hall–Kier alpha value is -0.920. The van der Waals surface area contributed by atoms with E-state index in [4.69, 9.17) is 5.11 Å². The number of likely N-dealkylation sites (tertiary alicyclic amines) is 1. The van der Waals surface area contributed by atoms with Gasteiger partial charge in [0.1, 0.15) is 0 Å². The molecule has 2 N–H and O–H groups in total. The van der Waals surface area contributed by atoms with Gasteiger partial charge >= 0.3 is 0 Å². The molecule has 5 nitrogen and oxygen atoms in total. The molecule has 0 atom stereocenters. The van der Waals surface area contributed by atoms with E-state index in [9.17, 15) is 9.59 Å². The van der Waals surface area contributed by atoms with Gasteiger partial charge in [0, 0.05) is 37.5 Å². The lowest BCUT2D eigenvalue weighted by molar-refractivity contribution is -0.126. The molecule has 2 amide bonds. The lowest BCUT2D eigenvalue weighted by Crippen LogP contribution is -2.43. The van der Waals surface area contributed by atoms with Gasteiger partial charge in [0.2, 0.25) is 5.91 Å². The van der Waals surface area contributed by atoms with Crippen LogP contribution in [-0.2, 0) is 4.79 Å². The maximum Gasteiger partial charge on any atom is 0.254 e. The molecule has 0 spiro atoms. The summed E-state index contributed by atoms with van der Waals surface area (Å²) in [7, 11) is 0. The van der Waals surface area contributed by atoms with E-state index >= 15 is 0 Å². The molecule has 1 saturated heterocycles. The second kappa shape index (κ2) is 7.91. The summed E-state index contributed by atoms with van der Waals surface area (Å²) in [5.41, 5.74) is 0.706. The molecule has 1 aromatic rings. The number of carbonyl (C=O) groups excluding carboxylic acids is 2. The lowest BCUT2D eigenvalue weighted by atomic mass is 9.95. The molecule has 116 valence electrons. The van der Waals surface area contributed by atoms with Crippen molar-refractivity contribution in [3.05, 3.63) is 20.8 Å². The molecule has 1 fully saturated rings. The van der Waals surface area contributed by atoms with Crippen molar-refractivity contribution in [2.75, 3.05) is 26.2 Å². The number of hydrogen-bond donors (Lipinski definition) is 2. The van der Waals surface area contributed by atoms with E-state index in [-0.39, 0.29) is 24.3 Å². The van der Waals surface area contributed by atoms with Gasteiger partial charge in [-0.2, -0.15) is 0 Å². The quantitative estimate of drug-likeness (QED) is 0.772. The first-order valence-corrected chi connectivity index (χ1v) is 8.71. The van der Waals surface area contributed by atoms with Gasteiger partial charge in [-0.05, 0) is 41.3 Å². The Morgan fingerprint density at radius 3 is 2.71 bits per heavy atom. The molecule has 1 aromatic heterocycles. The second-order valence-electron chi connectivity index (χ2n) is 5.07. The van der Waals surface area contributed by atoms with Crippen molar-refractivity contribution in [3.63, 3.8) is 0 Å². The maximum atomic E-state index is 12.3. The molecule has 2 rings (SSSR count). The number of piperidine rings is 1. The van der Waals surface area contributed by atoms with Crippen molar-refractivity contribution in [2.24, 2.45) is 5.92 Å². The minimum Gasteiger partial charge on any atom is -0.396 e. The summed E-state index contributed by atoms with van der Waals surface area (Å²) in [6.45, 7) is 1.83. The largest absolute Gasteiger partial charge is 0.396 e. The highest BCUT2D eigenvalue weighted by atomic mass is 79.9. The zero-order chi connectivity index (χ0) is 15.2. The topological polar surface area (TPSA) is 69.6 Å². The first-order chi connectivity index (χ1) is 10.1. The summed E-state index contributed by atoms with van der Waals surface area (Å²) in [6.07, 6.45) is 1.97. The predicted molar refractivity (Wildman–Crippen MR) is 85.4 cm³/mol. The first-order valence-electron chi connectivity index (χ1n) is 7.03. The van der Waals surface area contributed by atoms with Crippen molar-refractivity contribution in [2.45, 2.75) is 19.3 Å². The highest BCUT2D eigenvalue weighted by molar-refractivity contribution is 9.11. The van der Waals surface area contributed by atoms with Gasteiger partial charge in [0.15, 0.2) is 0 Å². The smallest absolute Gasteiger partial charge is 0.254 e. The minimum absolute atomic E-state index is 0.0260. The lowest BCUT2D eigenvalue weighted by Gasteiger charge is -2.31. The molecule has 0 bridgehead atoms. The SMILES string of the molecule is O=C(NCCCO)C1CCN(C(=O)c2csc(Br)c2)CC1. The Labute approximate surface area is 136 Å². The monoisotopic (exact) mass is 374 g/mol. The number of hydrogen-bond acceptors (Lipinski definition) is 4. The van der Waals surface area contributed by atoms with Crippen molar-refractivity contribution in [1.29, 1.82) is 0 Å². The molecule has 0 unspecified atom stereocenters. The highest BCUT2D eigenvalue weighted by Crippen LogP contribution is 2.24. The van der Waals surface area contributed by atoms with Crippen LogP contribution in [0, 0.1) is 5.92 Å². The van der Waals surface area contributed by atoms with Crippen molar-refractivity contribution in [1.82, 2.24) is 10.2 Å². The average Bonchev–Trinajstić information content (AvgIpc) is 2.93. The van der Waals surface area contributed by atoms with E-state index in [1.54, 1.807) is 0 Å². The van der Waals surface area contributed by atoms with Gasteiger partial charge in [-0.15, -0.1) is 11.3 Å². The molecule has 7 heteroatoms. The normalized spacial score (nSPS) is 16.0. The molecule has 2 heterocycles. The fourth-order valence-corrected chi connectivity index (χ4v) is 3.51. The van der Waals surface area contributed by atoms with Crippen LogP contribution in [0.15, 0.2) is 15.2 Å². The van der Waals surface area contributed by atoms with E-state index in [1.165, 1.54) is 11.3 Å². The number of thiophene rings is 1. The standard InChI is InChI=1S/C14H19BrN2O3S/c15-12-8-11(9-21-12)14(20)17-5-2-10(3-6-17)13(19)16-4-1-7-18/h8-10,18H,1-7H2,(H,16,19). The number of aliphatic hydroxyl groups excluding tert-OH is 1. The number of amides is 2. The van der Waals surface area contributed by atoms with Crippen molar-refractivity contribution >= 4 is 39.1 Å². The maximum absolute atomic E-state index is 12.3. The third kappa shape index (κ3) is 4.52. The van der Waals surface area contributed by atoms with Gasteiger partial charge in [0.25, 0.3) is 5.91 Å². The van der Waals surface area contributed by atoms with Crippen molar-refractivity contribution in [3.8, 4) is 0 Å². The molecule has 1 aliphatic rings. The number of halogens is 1. The van der Waals surface area contributed by atoms with Crippen LogP contribution in [-0.4, -0.2) is 48.1 Å². The fourth-order valence-electron chi connectivity index (χ4n) is 2.38. The van der Waals surface area contributed by atoms with Crippen molar-refractivity contribution < 1.29 is 14.7 Å². The summed E-state index contributed by atoms with van der Waals surface area (Å²) in [4.78, 5) is 26.0. The third-order valence-electron chi connectivity index (χ3n) is 3.60. The Balaban J connectivity index is 1.80. The van der Waals surface area contributed by atoms with E-state index in [0.717, 1.165) is 3.79 Å². The van der Waals surface area contributed by atoms with Crippen LogP contribution in [0.3, 0.4) is 0 Å². The number of nitrogens with one attached hydrogen (secondary N) is 1. The molecule has 0 saturated carbocycles. The Kier molecular flexibility index (Phi) is 6.20. The van der Waals surface area contributed by atoms with E-state index in [2.05, 4.69) is 21.2 Å². The Morgan fingerprint density at radius 2 is 2.14 bits per heavy atom. The average molecular weight is 375 g/mol. The summed E-state index contributed by atoms with van der Waals surface area (Å²) in [5, 5.41) is 13.4. The summed E-state index contributed by atoms with van der Waals surface area (Å²) >= 11 is 4.86. The minimum atomic E-state index is -0.0260. The number of aliphatic hydroxyl groups is 1. The van der Waals surface area contributed by atoms with Gasteiger partial charge < -0.3 is 15.3 Å². The molecule has 0 aliphatic carbocycles. The molecular formula is C14H19BrN2O3S. The first kappa shape index (κ1) is 16.5. The molecule has 1 aliphatic heterocycles. The van der Waals surface area contributed by atoms with Crippen LogP contribution < -0.4 is 5.32 Å². The van der Waals surface area contributed by atoms with Crippen LogP contribution >= 0.6 is 27.3 Å². The van der Waals surface area contributed by atoms with Gasteiger partial charge in [-0.25, -0.2) is 0 Å². The number of rotatable bonds is 5. The third-order valence-corrected chi connectivity index (χ3v) is 5.11. The zero-order valence-electron chi connectivity index (χ0n) is 11.7. The number of carbonyl (C=O) groups is 2. The Morgan fingerprint density at radius 1 is 1.43 bits per heavy atom. The fraction of sp³-hybridized carbons (Fsp3) is 0.571. The highest BCUT2D eigenvalue weighted by Gasteiger charge is 2.27. The van der Waals surface area contributed by atoms with Crippen LogP contribution in [0.25, 0.3) is 0 Å². The molecule has 21 heavy (non-hydrogen) atoms. The number of nitrogens with zero attached hydrogens (tertiary/aromatic N) is 1. The second-order valence-corrected chi connectivity index (χ2v) is 7.36. The van der Waals surface area contributed by atoms with Crippen LogP contribution in [0.5, 0.6) is 0 Å². The van der Waals surface area contributed by atoms with Crippen LogP contribution in [0.1, 0.15) is 29.6 Å². The summed E-state index contributed by atoms with van der Waals surface area (Å²) in [5.74, 6) is 0.0480. The summed E-state index contributed by atoms with van der Waals surface area (Å²) in [6, 6.07) is 1.83. The Bertz CT molecular complexity index is 498. The van der Waals surface area contributed by atoms with Gasteiger partial charge in [0.05, 0.1) is 9.35 Å². The predicted octanol–water partition coefficient (Wildman–Crippen LogP) is 1.86. The molecule has 0 aromatic carbocycles. The molecular weight excluding hydrogens is 356 g/mol. The molecule has 0 radical (unpaired) electrons. The zero-order valence-corrected chi connectivity index (χ0v) is 14.1. The summed E-state index contributed by atoms with van der Waals surface area (Å²) < 4.78 is 0.948. The van der Waals surface area contributed by atoms with Crippen LogP contribution in [0.2, 0.25) is 0 Å².